The lowest BCUT2D eigenvalue weighted by molar-refractivity contribution is 0.0712. The lowest BCUT2D eigenvalue weighted by Crippen LogP contribution is -2.51. The zero-order chi connectivity index (χ0) is 22.8. The first kappa shape index (κ1) is 23.3. The molecule has 0 bridgehead atoms. The van der Waals surface area contributed by atoms with E-state index in [4.69, 9.17) is 0 Å². The summed E-state index contributed by atoms with van der Waals surface area (Å²) in [6.07, 6.45) is 1.90. The summed E-state index contributed by atoms with van der Waals surface area (Å²) in [6, 6.07) is 7.55. The third-order valence-corrected chi connectivity index (χ3v) is 7.36. The van der Waals surface area contributed by atoms with Gasteiger partial charge in [0.1, 0.15) is 11.6 Å². The fraction of sp³-hybridized carbons (Fsp3) is 0.409. The van der Waals surface area contributed by atoms with Crippen molar-refractivity contribution >= 4 is 21.6 Å². The van der Waals surface area contributed by atoms with Crippen LogP contribution in [0.4, 0.5) is 18.9 Å². The number of nitrogens with one attached hydrogen (secondary N) is 2. The highest BCUT2D eigenvalue weighted by Crippen LogP contribution is 2.41. The Morgan fingerprint density at radius 3 is 2.26 bits per heavy atom. The van der Waals surface area contributed by atoms with Crippen molar-refractivity contribution in [3.05, 3.63) is 65.2 Å². The van der Waals surface area contributed by atoms with Gasteiger partial charge in [-0.3, -0.25) is 4.79 Å². The average Bonchev–Trinajstić information content (AvgIpc) is 2.69. The molecule has 1 aliphatic carbocycles. The van der Waals surface area contributed by atoms with Gasteiger partial charge in [-0.2, -0.15) is 0 Å². The van der Waals surface area contributed by atoms with Gasteiger partial charge in [0.25, 0.3) is 5.91 Å². The fourth-order valence-corrected chi connectivity index (χ4v) is 4.66. The maximum atomic E-state index is 16.0. The summed E-state index contributed by atoms with van der Waals surface area (Å²) in [7, 11) is -3.65. The number of hydrogen-bond acceptors (Lipinski definition) is 3. The summed E-state index contributed by atoms with van der Waals surface area (Å²) in [5.74, 6) is -2.44. The van der Waals surface area contributed by atoms with Gasteiger partial charge in [0.15, 0.2) is 5.67 Å². The van der Waals surface area contributed by atoms with Crippen molar-refractivity contribution in [2.75, 3.05) is 5.32 Å². The second-order valence-corrected chi connectivity index (χ2v) is 10.3. The number of rotatable bonds is 6. The van der Waals surface area contributed by atoms with E-state index in [1.165, 1.54) is 38.1 Å². The van der Waals surface area contributed by atoms with Crippen LogP contribution in [-0.4, -0.2) is 25.6 Å². The van der Waals surface area contributed by atoms with E-state index in [2.05, 4.69) is 10.0 Å². The number of benzene rings is 2. The molecule has 1 fully saturated rings. The minimum atomic E-state index is -3.65. The molecule has 2 aromatic carbocycles. The van der Waals surface area contributed by atoms with Crippen molar-refractivity contribution in [1.29, 1.82) is 0 Å². The van der Waals surface area contributed by atoms with E-state index in [9.17, 15) is 22.0 Å². The molecule has 31 heavy (non-hydrogen) atoms. The van der Waals surface area contributed by atoms with Crippen molar-refractivity contribution < 1.29 is 26.4 Å². The van der Waals surface area contributed by atoms with E-state index >= 15 is 4.39 Å². The first-order chi connectivity index (χ1) is 14.5. The number of halogens is 3. The van der Waals surface area contributed by atoms with E-state index in [-0.39, 0.29) is 12.0 Å². The van der Waals surface area contributed by atoms with E-state index in [1.54, 1.807) is 0 Å². The van der Waals surface area contributed by atoms with Gasteiger partial charge >= 0.3 is 0 Å². The Bertz CT molecular complexity index is 1040. The minimum Gasteiger partial charge on any atom is -0.322 e. The molecular formula is C22H25F3N2O3S. The zero-order valence-corrected chi connectivity index (χ0v) is 18.1. The van der Waals surface area contributed by atoms with Crippen LogP contribution in [0.2, 0.25) is 0 Å². The molecule has 2 aromatic rings. The van der Waals surface area contributed by atoms with Crippen LogP contribution in [0.1, 0.15) is 55.5 Å². The van der Waals surface area contributed by atoms with E-state index < -0.39 is 44.5 Å². The van der Waals surface area contributed by atoms with Crippen molar-refractivity contribution in [2.45, 2.75) is 56.5 Å². The predicted octanol–water partition coefficient (Wildman–Crippen LogP) is 4.65. The Balaban J connectivity index is 1.79. The SMILES string of the molecule is CC(C)S(=O)(=O)N[C@H]1CCCC[C@]1(F)c1ccc(NC(=O)c2cc(F)cc(F)c2)cc1. The highest BCUT2D eigenvalue weighted by molar-refractivity contribution is 7.90. The minimum absolute atomic E-state index is 0.173. The van der Waals surface area contributed by atoms with E-state index in [1.807, 2.05) is 0 Å². The quantitative estimate of drug-likeness (QED) is 0.667. The summed E-state index contributed by atoms with van der Waals surface area (Å²) in [5, 5.41) is 1.84. The summed E-state index contributed by atoms with van der Waals surface area (Å²) in [4.78, 5) is 12.2. The van der Waals surface area contributed by atoms with Crippen LogP contribution in [-0.2, 0) is 15.7 Å². The lowest BCUT2D eigenvalue weighted by atomic mass is 9.77. The third kappa shape index (κ3) is 5.27. The first-order valence-electron chi connectivity index (χ1n) is 10.1. The number of hydrogen-bond donors (Lipinski definition) is 2. The molecule has 0 spiro atoms. The molecule has 1 aliphatic rings. The van der Waals surface area contributed by atoms with Gasteiger partial charge in [-0.25, -0.2) is 26.3 Å². The van der Waals surface area contributed by atoms with Gasteiger partial charge in [-0.15, -0.1) is 0 Å². The molecule has 0 unspecified atom stereocenters. The van der Waals surface area contributed by atoms with Gasteiger partial charge in [0, 0.05) is 17.3 Å². The van der Waals surface area contributed by atoms with Crippen LogP contribution in [0.25, 0.3) is 0 Å². The van der Waals surface area contributed by atoms with Gasteiger partial charge < -0.3 is 5.32 Å². The van der Waals surface area contributed by atoms with Crippen molar-refractivity contribution in [2.24, 2.45) is 0 Å². The summed E-state index contributed by atoms with van der Waals surface area (Å²) in [6.45, 7) is 3.07. The molecule has 9 heteroatoms. The largest absolute Gasteiger partial charge is 0.322 e. The number of carbonyl (C=O) groups is 1. The van der Waals surface area contributed by atoms with Crippen LogP contribution in [0, 0.1) is 11.6 Å². The molecule has 3 rings (SSSR count). The fourth-order valence-electron chi connectivity index (χ4n) is 3.68. The van der Waals surface area contributed by atoms with Gasteiger partial charge in [0.05, 0.1) is 11.3 Å². The number of alkyl halides is 1. The van der Waals surface area contributed by atoms with E-state index in [0.717, 1.165) is 18.6 Å². The maximum absolute atomic E-state index is 16.0. The molecule has 168 valence electrons. The van der Waals surface area contributed by atoms with Crippen LogP contribution in [0.15, 0.2) is 42.5 Å². The number of amides is 1. The maximum Gasteiger partial charge on any atom is 0.255 e. The lowest BCUT2D eigenvalue weighted by Gasteiger charge is -2.38. The highest BCUT2D eigenvalue weighted by atomic mass is 32.2. The Labute approximate surface area is 180 Å². The monoisotopic (exact) mass is 454 g/mol. The first-order valence-corrected chi connectivity index (χ1v) is 11.6. The summed E-state index contributed by atoms with van der Waals surface area (Å²) < 4.78 is 69.8. The molecule has 5 nitrogen and oxygen atoms in total. The molecule has 0 aliphatic heterocycles. The number of carbonyl (C=O) groups excluding carboxylic acids is 1. The number of sulfonamides is 1. The molecule has 0 saturated heterocycles. The Morgan fingerprint density at radius 2 is 1.68 bits per heavy atom. The second kappa shape index (κ2) is 9.00. The standard InChI is InChI=1S/C22H25F3N2O3S/c1-14(2)31(29,30)27-20-5-3-4-10-22(20,25)16-6-8-19(9-7-16)26-21(28)15-11-17(23)13-18(24)12-15/h6-9,11-14,20,27H,3-5,10H2,1-2H3,(H,26,28)/t20-,22-/m0/s1. The summed E-state index contributed by atoms with van der Waals surface area (Å²) in [5.41, 5.74) is -1.44. The van der Waals surface area contributed by atoms with Gasteiger partial charge in [-0.05, 0) is 62.9 Å². The van der Waals surface area contributed by atoms with Crippen molar-refractivity contribution in [3.63, 3.8) is 0 Å². The molecule has 0 radical (unpaired) electrons. The number of anilines is 1. The smallest absolute Gasteiger partial charge is 0.255 e. The van der Waals surface area contributed by atoms with Crippen LogP contribution < -0.4 is 10.0 Å². The van der Waals surface area contributed by atoms with Crippen LogP contribution in [0.3, 0.4) is 0 Å². The Hall–Kier alpha value is -2.39. The van der Waals surface area contributed by atoms with Gasteiger partial charge in [0.2, 0.25) is 10.0 Å². The van der Waals surface area contributed by atoms with Crippen molar-refractivity contribution in [1.82, 2.24) is 4.72 Å². The molecule has 1 saturated carbocycles. The van der Waals surface area contributed by atoms with Gasteiger partial charge in [-0.1, -0.05) is 18.6 Å². The topological polar surface area (TPSA) is 75.3 Å². The zero-order valence-electron chi connectivity index (χ0n) is 17.3. The molecule has 2 atom stereocenters. The highest BCUT2D eigenvalue weighted by Gasteiger charge is 2.44. The molecule has 2 N–H and O–H groups in total. The Morgan fingerprint density at radius 1 is 1.06 bits per heavy atom. The normalized spacial score (nSPS) is 21.8. The second-order valence-electron chi connectivity index (χ2n) is 8.06. The molecule has 0 heterocycles. The van der Waals surface area contributed by atoms with E-state index in [0.29, 0.717) is 30.2 Å². The average molecular weight is 455 g/mol. The summed E-state index contributed by atoms with van der Waals surface area (Å²) >= 11 is 0. The van der Waals surface area contributed by atoms with Crippen LogP contribution >= 0.6 is 0 Å². The predicted molar refractivity (Wildman–Crippen MR) is 113 cm³/mol. The molecule has 1 amide bonds. The Kier molecular flexibility index (Phi) is 6.76. The van der Waals surface area contributed by atoms with Crippen LogP contribution in [0.5, 0.6) is 0 Å². The molecule has 0 aromatic heterocycles. The third-order valence-electron chi connectivity index (χ3n) is 5.51. The molecular weight excluding hydrogens is 429 g/mol. The van der Waals surface area contributed by atoms with Crippen molar-refractivity contribution in [3.8, 4) is 0 Å².